The summed E-state index contributed by atoms with van der Waals surface area (Å²) in [6, 6.07) is 0.327. The smallest absolute Gasteiger partial charge is 0.317 e. The van der Waals surface area contributed by atoms with Crippen molar-refractivity contribution < 1.29 is 14.6 Å². The standard InChI is InChI=1S/C19H32N2O3/c1-21(12-13-6-2-3-7-15(13)22)18(23)20-16-14-8-11-24-17(14)19(16)9-4-5-10-19/h13-17,22H,2-12H2,1H3,(H,20,23). The van der Waals surface area contributed by atoms with Gasteiger partial charge in [-0.25, -0.2) is 4.79 Å². The molecule has 5 heteroatoms. The van der Waals surface area contributed by atoms with Gasteiger partial charge in [-0.3, -0.25) is 0 Å². The fourth-order valence-electron chi connectivity index (χ4n) is 5.98. The third-order valence-corrected chi connectivity index (χ3v) is 7.29. The zero-order valence-corrected chi connectivity index (χ0v) is 14.9. The van der Waals surface area contributed by atoms with Crippen molar-refractivity contribution in [1.29, 1.82) is 0 Å². The number of rotatable bonds is 3. The number of ether oxygens (including phenoxy) is 1. The van der Waals surface area contributed by atoms with E-state index in [9.17, 15) is 9.90 Å². The first-order valence-electron chi connectivity index (χ1n) is 9.93. The molecule has 0 aromatic heterocycles. The predicted octanol–water partition coefficient (Wildman–Crippen LogP) is 2.53. The van der Waals surface area contributed by atoms with E-state index in [2.05, 4.69) is 5.32 Å². The fraction of sp³-hybridized carbons (Fsp3) is 0.947. The molecule has 0 aromatic carbocycles. The topological polar surface area (TPSA) is 61.8 Å². The first-order valence-corrected chi connectivity index (χ1v) is 9.93. The summed E-state index contributed by atoms with van der Waals surface area (Å²) in [7, 11) is 1.87. The summed E-state index contributed by atoms with van der Waals surface area (Å²) in [4.78, 5) is 14.5. The van der Waals surface area contributed by atoms with Gasteiger partial charge in [0.2, 0.25) is 0 Å². The van der Waals surface area contributed by atoms with Gasteiger partial charge < -0.3 is 20.1 Å². The Hall–Kier alpha value is -0.810. The van der Waals surface area contributed by atoms with Crippen molar-refractivity contribution in [3.8, 4) is 0 Å². The van der Waals surface area contributed by atoms with Crippen molar-refractivity contribution in [2.75, 3.05) is 20.2 Å². The van der Waals surface area contributed by atoms with E-state index in [-0.39, 0.29) is 23.5 Å². The van der Waals surface area contributed by atoms with Gasteiger partial charge >= 0.3 is 6.03 Å². The van der Waals surface area contributed by atoms with Crippen LogP contribution >= 0.6 is 0 Å². The first kappa shape index (κ1) is 16.6. The van der Waals surface area contributed by atoms with Crippen molar-refractivity contribution in [3.63, 3.8) is 0 Å². The van der Waals surface area contributed by atoms with Crippen LogP contribution in [0, 0.1) is 17.3 Å². The molecule has 2 amide bonds. The highest BCUT2D eigenvalue weighted by Crippen LogP contribution is 2.60. The molecule has 136 valence electrons. The molecule has 5 nitrogen and oxygen atoms in total. The normalized spacial score (nSPS) is 40.2. The number of carbonyl (C=O) groups excluding carboxylic acids is 1. The van der Waals surface area contributed by atoms with Gasteiger partial charge in [0.15, 0.2) is 0 Å². The van der Waals surface area contributed by atoms with E-state index in [1.54, 1.807) is 4.90 Å². The summed E-state index contributed by atoms with van der Waals surface area (Å²) >= 11 is 0. The van der Waals surface area contributed by atoms with Crippen LogP contribution in [0.1, 0.15) is 57.8 Å². The summed E-state index contributed by atoms with van der Waals surface area (Å²) < 4.78 is 6.00. The zero-order valence-electron chi connectivity index (χ0n) is 14.9. The Morgan fingerprint density at radius 3 is 2.71 bits per heavy atom. The maximum atomic E-state index is 12.7. The zero-order chi connectivity index (χ0) is 16.7. The molecule has 3 saturated carbocycles. The highest BCUT2D eigenvalue weighted by Gasteiger charge is 2.65. The lowest BCUT2D eigenvalue weighted by atomic mass is 9.54. The molecule has 5 unspecified atom stereocenters. The summed E-state index contributed by atoms with van der Waals surface area (Å²) in [5.74, 6) is 0.750. The van der Waals surface area contributed by atoms with Gasteiger partial charge in [0.25, 0.3) is 0 Å². The van der Waals surface area contributed by atoms with Gasteiger partial charge in [0.1, 0.15) is 0 Å². The molecule has 1 spiro atoms. The number of hydrogen-bond donors (Lipinski definition) is 2. The van der Waals surface area contributed by atoms with E-state index in [1.165, 1.54) is 32.1 Å². The third-order valence-electron chi connectivity index (χ3n) is 7.29. The van der Waals surface area contributed by atoms with Gasteiger partial charge in [-0.1, -0.05) is 25.7 Å². The molecule has 0 aromatic rings. The molecule has 5 atom stereocenters. The lowest BCUT2D eigenvalue weighted by molar-refractivity contribution is -0.127. The molecule has 1 heterocycles. The predicted molar refractivity (Wildman–Crippen MR) is 91.7 cm³/mol. The van der Waals surface area contributed by atoms with E-state index >= 15 is 0 Å². The van der Waals surface area contributed by atoms with Crippen molar-refractivity contribution in [3.05, 3.63) is 0 Å². The maximum Gasteiger partial charge on any atom is 0.317 e. The lowest BCUT2D eigenvalue weighted by Gasteiger charge is -2.57. The van der Waals surface area contributed by atoms with Crippen LogP contribution in [0.4, 0.5) is 4.79 Å². The Kier molecular flexibility index (Phi) is 4.50. The summed E-state index contributed by atoms with van der Waals surface area (Å²) in [6.07, 6.45) is 10.4. The second-order valence-corrected chi connectivity index (χ2v) is 8.60. The quantitative estimate of drug-likeness (QED) is 0.832. The Bertz CT molecular complexity index is 477. The Labute approximate surface area is 145 Å². The highest BCUT2D eigenvalue weighted by molar-refractivity contribution is 5.74. The van der Waals surface area contributed by atoms with E-state index in [4.69, 9.17) is 4.74 Å². The minimum atomic E-state index is -0.244. The number of aliphatic hydroxyl groups is 1. The second-order valence-electron chi connectivity index (χ2n) is 8.60. The van der Waals surface area contributed by atoms with Crippen molar-refractivity contribution in [2.24, 2.45) is 17.3 Å². The SMILES string of the molecule is CN(CC1CCCCC1O)C(=O)NC1C2CCOC2C12CCCC2. The summed E-state index contributed by atoms with van der Waals surface area (Å²) in [5.41, 5.74) is 0.210. The van der Waals surface area contributed by atoms with Crippen LogP contribution in [0.15, 0.2) is 0 Å². The molecule has 3 aliphatic carbocycles. The molecule has 24 heavy (non-hydrogen) atoms. The molecule has 4 aliphatic rings. The molecule has 1 aliphatic heterocycles. The summed E-state index contributed by atoms with van der Waals surface area (Å²) in [5, 5.41) is 13.5. The Balaban J connectivity index is 1.36. The molecule has 2 N–H and O–H groups in total. The molecular weight excluding hydrogens is 304 g/mol. The number of fused-ring (bicyclic) bond motifs is 2. The van der Waals surface area contributed by atoms with E-state index in [0.29, 0.717) is 24.6 Å². The number of carbonyl (C=O) groups is 1. The number of nitrogens with one attached hydrogen (secondary N) is 1. The molecule has 4 rings (SSSR count). The number of nitrogens with zero attached hydrogens (tertiary/aromatic N) is 1. The van der Waals surface area contributed by atoms with Gasteiger partial charge in [0.05, 0.1) is 12.2 Å². The monoisotopic (exact) mass is 336 g/mol. The van der Waals surface area contributed by atoms with Crippen molar-refractivity contribution in [1.82, 2.24) is 10.2 Å². The first-order chi connectivity index (χ1) is 11.6. The number of amides is 2. The van der Waals surface area contributed by atoms with Crippen LogP contribution in [0.5, 0.6) is 0 Å². The van der Waals surface area contributed by atoms with Crippen LogP contribution in [0.3, 0.4) is 0 Å². The Morgan fingerprint density at radius 1 is 1.21 bits per heavy atom. The largest absolute Gasteiger partial charge is 0.393 e. The molecule has 4 fully saturated rings. The van der Waals surface area contributed by atoms with Crippen LogP contribution in [-0.2, 0) is 4.74 Å². The number of urea groups is 1. The average Bonchev–Trinajstić information content (AvgIpc) is 3.23. The molecule has 0 radical (unpaired) electrons. The molecular formula is C19H32N2O3. The second kappa shape index (κ2) is 6.49. The maximum absolute atomic E-state index is 12.7. The number of hydrogen-bond acceptors (Lipinski definition) is 3. The van der Waals surface area contributed by atoms with Gasteiger partial charge in [-0.2, -0.15) is 0 Å². The fourth-order valence-corrected chi connectivity index (χ4v) is 5.98. The highest BCUT2D eigenvalue weighted by atomic mass is 16.5. The van der Waals surface area contributed by atoms with Crippen LogP contribution in [0.25, 0.3) is 0 Å². The molecule has 1 saturated heterocycles. The van der Waals surface area contributed by atoms with Crippen molar-refractivity contribution >= 4 is 6.03 Å². The minimum absolute atomic E-state index is 0.0365. The Morgan fingerprint density at radius 2 is 1.96 bits per heavy atom. The van der Waals surface area contributed by atoms with Crippen LogP contribution < -0.4 is 5.32 Å². The molecule has 0 bridgehead atoms. The van der Waals surface area contributed by atoms with Gasteiger partial charge in [0, 0.05) is 43.5 Å². The van der Waals surface area contributed by atoms with E-state index < -0.39 is 0 Å². The third kappa shape index (κ3) is 2.64. The van der Waals surface area contributed by atoms with Gasteiger partial charge in [-0.15, -0.1) is 0 Å². The average molecular weight is 336 g/mol. The minimum Gasteiger partial charge on any atom is -0.393 e. The van der Waals surface area contributed by atoms with E-state index in [1.807, 2.05) is 7.05 Å². The lowest BCUT2D eigenvalue weighted by Crippen LogP contribution is -2.69. The number of aliphatic hydroxyl groups excluding tert-OH is 1. The summed E-state index contributed by atoms with van der Waals surface area (Å²) in [6.45, 7) is 1.52. The van der Waals surface area contributed by atoms with E-state index in [0.717, 1.165) is 32.3 Å². The van der Waals surface area contributed by atoms with Crippen LogP contribution in [-0.4, -0.2) is 54.5 Å². The van der Waals surface area contributed by atoms with Crippen LogP contribution in [0.2, 0.25) is 0 Å². The van der Waals surface area contributed by atoms with Crippen molar-refractivity contribution in [2.45, 2.75) is 76.0 Å². The van der Waals surface area contributed by atoms with Gasteiger partial charge in [-0.05, 0) is 32.1 Å².